The first kappa shape index (κ1) is 27.3. The molecule has 0 aromatic heterocycles. The van der Waals surface area contributed by atoms with Crippen LogP contribution in [0.2, 0.25) is 0 Å². The second kappa shape index (κ2) is 12.0. The largest absolute Gasteiger partial charge is 0.352 e. The van der Waals surface area contributed by atoms with Gasteiger partial charge in [-0.2, -0.15) is 0 Å². The zero-order valence-corrected chi connectivity index (χ0v) is 21.2. The molecule has 0 radical (unpaired) electrons. The number of aryl methyl sites for hydroxylation is 1. The number of benzene rings is 2. The van der Waals surface area contributed by atoms with Gasteiger partial charge in [-0.3, -0.25) is 13.9 Å². The fourth-order valence-electron chi connectivity index (χ4n) is 3.62. The monoisotopic (exact) mass is 491 g/mol. The van der Waals surface area contributed by atoms with Crippen molar-refractivity contribution in [3.05, 3.63) is 65.5 Å². The molecular weight excluding hydrogens is 457 g/mol. The number of amides is 2. The molecule has 0 aliphatic heterocycles. The van der Waals surface area contributed by atoms with Crippen LogP contribution in [0.25, 0.3) is 0 Å². The predicted octanol–water partition coefficient (Wildman–Crippen LogP) is 3.62. The SMILES string of the molecule is Cc1ccccc1N(CCCC(=O)N(Cc1ccccc1F)[C@@H](C)C(=O)NC(C)C)S(C)(=O)=O. The second-order valence-corrected chi connectivity index (χ2v) is 10.6. The minimum Gasteiger partial charge on any atom is -0.352 e. The molecule has 186 valence electrons. The Morgan fingerprint density at radius 2 is 1.65 bits per heavy atom. The van der Waals surface area contributed by atoms with Crippen molar-refractivity contribution in [2.75, 3.05) is 17.1 Å². The Hall–Kier alpha value is -2.94. The Morgan fingerprint density at radius 3 is 2.24 bits per heavy atom. The van der Waals surface area contributed by atoms with Crippen molar-refractivity contribution in [1.82, 2.24) is 10.2 Å². The van der Waals surface area contributed by atoms with E-state index < -0.39 is 21.9 Å². The van der Waals surface area contributed by atoms with Crippen LogP contribution in [0.5, 0.6) is 0 Å². The number of rotatable bonds is 11. The van der Waals surface area contributed by atoms with Crippen LogP contribution in [0, 0.1) is 12.7 Å². The molecule has 0 bridgehead atoms. The summed E-state index contributed by atoms with van der Waals surface area (Å²) in [4.78, 5) is 27.1. The number of carbonyl (C=O) groups excluding carboxylic acids is 2. The minimum atomic E-state index is -3.56. The van der Waals surface area contributed by atoms with Gasteiger partial charge in [0.05, 0.1) is 11.9 Å². The standard InChI is InChI=1S/C25H34FN3O4S/c1-18(2)27-25(31)20(4)28(17-21-12-7-8-13-22(21)26)24(30)15-10-16-29(34(5,32)33)23-14-9-6-11-19(23)3/h6-9,11-14,18,20H,10,15-17H2,1-5H3,(H,27,31)/t20-/m0/s1. The molecular formula is C25H34FN3O4S. The van der Waals surface area contributed by atoms with E-state index in [0.717, 1.165) is 11.8 Å². The third-order valence-corrected chi connectivity index (χ3v) is 6.61. The van der Waals surface area contributed by atoms with Gasteiger partial charge in [0.2, 0.25) is 21.8 Å². The molecule has 0 saturated heterocycles. The number of nitrogens with zero attached hydrogens (tertiary/aromatic N) is 2. The number of hydrogen-bond donors (Lipinski definition) is 1. The van der Waals surface area contributed by atoms with Crippen molar-refractivity contribution in [1.29, 1.82) is 0 Å². The van der Waals surface area contributed by atoms with Crippen LogP contribution in [0.4, 0.5) is 10.1 Å². The molecule has 0 heterocycles. The van der Waals surface area contributed by atoms with Gasteiger partial charge in [-0.1, -0.05) is 36.4 Å². The molecule has 34 heavy (non-hydrogen) atoms. The van der Waals surface area contributed by atoms with Crippen molar-refractivity contribution >= 4 is 27.5 Å². The maximum absolute atomic E-state index is 14.3. The Bertz CT molecular complexity index is 1100. The van der Waals surface area contributed by atoms with E-state index in [1.54, 1.807) is 37.3 Å². The van der Waals surface area contributed by atoms with Crippen molar-refractivity contribution < 1.29 is 22.4 Å². The fraction of sp³-hybridized carbons (Fsp3) is 0.440. The Labute approximate surface area is 202 Å². The van der Waals surface area contributed by atoms with Crippen LogP contribution in [0.1, 0.15) is 44.7 Å². The first-order valence-corrected chi connectivity index (χ1v) is 13.1. The maximum Gasteiger partial charge on any atom is 0.242 e. The lowest BCUT2D eigenvalue weighted by Gasteiger charge is -2.30. The van der Waals surface area contributed by atoms with E-state index in [-0.39, 0.29) is 43.8 Å². The van der Waals surface area contributed by atoms with Crippen molar-refractivity contribution in [2.45, 2.75) is 59.2 Å². The van der Waals surface area contributed by atoms with Crippen molar-refractivity contribution in [3.8, 4) is 0 Å². The summed E-state index contributed by atoms with van der Waals surface area (Å²) in [5, 5.41) is 2.79. The maximum atomic E-state index is 14.3. The van der Waals surface area contributed by atoms with Crippen LogP contribution < -0.4 is 9.62 Å². The van der Waals surface area contributed by atoms with E-state index in [4.69, 9.17) is 0 Å². The van der Waals surface area contributed by atoms with Gasteiger partial charge in [0.1, 0.15) is 11.9 Å². The number of sulfonamides is 1. The summed E-state index contributed by atoms with van der Waals surface area (Å²) in [6.45, 7) is 7.11. The van der Waals surface area contributed by atoms with Crippen LogP contribution >= 0.6 is 0 Å². The normalized spacial score (nSPS) is 12.3. The molecule has 0 aliphatic rings. The number of nitrogens with one attached hydrogen (secondary N) is 1. The highest BCUT2D eigenvalue weighted by atomic mass is 32.2. The van der Waals surface area contributed by atoms with Gasteiger partial charge < -0.3 is 10.2 Å². The second-order valence-electron chi connectivity index (χ2n) is 8.68. The summed E-state index contributed by atoms with van der Waals surface area (Å²) in [5.41, 5.74) is 1.67. The molecule has 7 nitrogen and oxygen atoms in total. The molecule has 9 heteroatoms. The average molecular weight is 492 g/mol. The number of halogens is 1. The zero-order chi connectivity index (χ0) is 25.5. The zero-order valence-electron chi connectivity index (χ0n) is 20.4. The van der Waals surface area contributed by atoms with Gasteiger partial charge >= 0.3 is 0 Å². The van der Waals surface area contributed by atoms with E-state index in [2.05, 4.69) is 5.32 Å². The number of carbonyl (C=O) groups is 2. The smallest absolute Gasteiger partial charge is 0.242 e. The summed E-state index contributed by atoms with van der Waals surface area (Å²) < 4.78 is 40.4. The van der Waals surface area contributed by atoms with Crippen molar-refractivity contribution in [2.24, 2.45) is 0 Å². The number of hydrogen-bond acceptors (Lipinski definition) is 4. The number of para-hydroxylation sites is 1. The lowest BCUT2D eigenvalue weighted by atomic mass is 10.1. The first-order chi connectivity index (χ1) is 15.9. The summed E-state index contributed by atoms with van der Waals surface area (Å²) in [6.07, 6.45) is 1.38. The number of anilines is 1. The van der Waals surface area contributed by atoms with E-state index in [0.29, 0.717) is 11.3 Å². The molecule has 0 saturated carbocycles. The van der Waals surface area contributed by atoms with Crippen LogP contribution in [-0.4, -0.2) is 50.0 Å². The van der Waals surface area contributed by atoms with Crippen LogP contribution in [0.3, 0.4) is 0 Å². The third kappa shape index (κ3) is 7.55. The van der Waals surface area contributed by atoms with Gasteiger partial charge in [-0.15, -0.1) is 0 Å². The minimum absolute atomic E-state index is 0.00561. The van der Waals surface area contributed by atoms with E-state index in [9.17, 15) is 22.4 Å². The Morgan fingerprint density at radius 1 is 1.03 bits per heavy atom. The Balaban J connectivity index is 2.19. The first-order valence-electron chi connectivity index (χ1n) is 11.3. The molecule has 2 aromatic carbocycles. The molecule has 1 N–H and O–H groups in total. The summed E-state index contributed by atoms with van der Waals surface area (Å²) >= 11 is 0. The topological polar surface area (TPSA) is 86.8 Å². The van der Waals surface area contributed by atoms with Gasteiger partial charge in [0, 0.05) is 31.1 Å². The molecule has 2 aromatic rings. The van der Waals surface area contributed by atoms with Gasteiger partial charge in [-0.05, 0) is 51.8 Å². The summed E-state index contributed by atoms with van der Waals surface area (Å²) in [7, 11) is -3.56. The highest BCUT2D eigenvalue weighted by Gasteiger charge is 2.27. The predicted molar refractivity (Wildman–Crippen MR) is 132 cm³/mol. The summed E-state index contributed by atoms with van der Waals surface area (Å²) in [6, 6.07) is 12.3. The van der Waals surface area contributed by atoms with Crippen molar-refractivity contribution in [3.63, 3.8) is 0 Å². The highest BCUT2D eigenvalue weighted by molar-refractivity contribution is 7.92. The molecule has 2 amide bonds. The lowest BCUT2D eigenvalue weighted by Crippen LogP contribution is -2.49. The fourth-order valence-corrected chi connectivity index (χ4v) is 4.65. The lowest BCUT2D eigenvalue weighted by molar-refractivity contribution is -0.140. The molecule has 0 spiro atoms. The van der Waals surface area contributed by atoms with Crippen LogP contribution in [-0.2, 0) is 26.2 Å². The summed E-state index contributed by atoms with van der Waals surface area (Å²) in [5.74, 6) is -1.15. The quantitative estimate of drug-likeness (QED) is 0.520. The molecule has 0 unspecified atom stereocenters. The molecule has 2 rings (SSSR count). The molecule has 1 atom stereocenters. The average Bonchev–Trinajstić information content (AvgIpc) is 2.75. The van der Waals surface area contributed by atoms with Gasteiger partial charge in [0.25, 0.3) is 0 Å². The van der Waals surface area contributed by atoms with Crippen LogP contribution in [0.15, 0.2) is 48.5 Å². The van der Waals surface area contributed by atoms with Gasteiger partial charge in [0.15, 0.2) is 0 Å². The molecule has 0 fully saturated rings. The van der Waals surface area contributed by atoms with Gasteiger partial charge in [-0.25, -0.2) is 12.8 Å². The third-order valence-electron chi connectivity index (χ3n) is 5.43. The van der Waals surface area contributed by atoms with E-state index in [1.807, 2.05) is 32.9 Å². The molecule has 0 aliphatic carbocycles. The highest BCUT2D eigenvalue weighted by Crippen LogP contribution is 2.23. The van der Waals surface area contributed by atoms with E-state index >= 15 is 0 Å². The van der Waals surface area contributed by atoms with E-state index in [1.165, 1.54) is 15.3 Å². The Kier molecular flexibility index (Phi) is 9.61.